The van der Waals surface area contributed by atoms with Gasteiger partial charge >= 0.3 is 11.9 Å². The van der Waals surface area contributed by atoms with Gasteiger partial charge in [0.05, 0.1) is 25.0 Å². The summed E-state index contributed by atoms with van der Waals surface area (Å²) in [5, 5.41) is 24.3. The summed E-state index contributed by atoms with van der Waals surface area (Å²) in [4.78, 5) is 33.1. The van der Waals surface area contributed by atoms with Crippen LogP contribution in [-0.4, -0.2) is 45.9 Å². The molecule has 0 fully saturated rings. The highest BCUT2D eigenvalue weighted by Gasteiger charge is 2.21. The summed E-state index contributed by atoms with van der Waals surface area (Å²) in [7, 11) is 1.19. The van der Waals surface area contributed by atoms with Crippen LogP contribution in [0.25, 0.3) is 11.3 Å². The number of amides is 1. The molecule has 1 amide bonds. The SMILES string of the molecule is COC(=O)CCN(O)C(=O)c1cc(-c2cccc([N+](=O)[O-])c2)no1. The van der Waals surface area contributed by atoms with Crippen LogP contribution in [0.15, 0.2) is 34.9 Å². The van der Waals surface area contributed by atoms with E-state index < -0.39 is 16.8 Å². The number of carbonyl (C=O) groups is 2. The molecule has 24 heavy (non-hydrogen) atoms. The predicted molar refractivity (Wildman–Crippen MR) is 78.0 cm³/mol. The number of nitro benzene ring substituents is 1. The summed E-state index contributed by atoms with van der Waals surface area (Å²) >= 11 is 0. The summed E-state index contributed by atoms with van der Waals surface area (Å²) < 4.78 is 9.25. The molecule has 0 bridgehead atoms. The molecule has 0 saturated carbocycles. The smallest absolute Gasteiger partial charge is 0.315 e. The van der Waals surface area contributed by atoms with E-state index in [9.17, 15) is 24.9 Å². The van der Waals surface area contributed by atoms with Gasteiger partial charge in [0.1, 0.15) is 5.69 Å². The number of ether oxygens (including phenoxy) is 1. The molecule has 0 aliphatic carbocycles. The summed E-state index contributed by atoms with van der Waals surface area (Å²) in [5.41, 5.74) is 0.444. The molecule has 0 unspecified atom stereocenters. The van der Waals surface area contributed by atoms with Gasteiger partial charge in [0.15, 0.2) is 0 Å². The molecule has 2 rings (SSSR count). The summed E-state index contributed by atoms with van der Waals surface area (Å²) in [5.74, 6) is -1.76. The fourth-order valence-corrected chi connectivity index (χ4v) is 1.82. The first-order valence-electron chi connectivity index (χ1n) is 6.71. The minimum atomic E-state index is -0.900. The number of aromatic nitrogens is 1. The van der Waals surface area contributed by atoms with Gasteiger partial charge in [-0.25, -0.2) is 5.06 Å². The third-order valence-electron chi connectivity index (χ3n) is 3.06. The van der Waals surface area contributed by atoms with Gasteiger partial charge in [-0.2, -0.15) is 0 Å². The van der Waals surface area contributed by atoms with E-state index in [1.165, 1.54) is 31.4 Å². The second-order valence-electron chi connectivity index (χ2n) is 4.64. The number of methoxy groups -OCH3 is 1. The van der Waals surface area contributed by atoms with Crippen LogP contribution in [0, 0.1) is 10.1 Å². The van der Waals surface area contributed by atoms with E-state index in [1.54, 1.807) is 6.07 Å². The van der Waals surface area contributed by atoms with Crippen LogP contribution in [0.1, 0.15) is 17.0 Å². The number of rotatable bonds is 6. The highest BCUT2D eigenvalue weighted by molar-refractivity contribution is 5.91. The summed E-state index contributed by atoms with van der Waals surface area (Å²) in [6.45, 7) is -0.279. The van der Waals surface area contributed by atoms with Gasteiger partial charge in [0.2, 0.25) is 5.76 Å². The number of hydrogen-bond acceptors (Lipinski definition) is 8. The number of nitrogens with zero attached hydrogens (tertiary/aromatic N) is 3. The molecule has 0 atom stereocenters. The Kier molecular flexibility index (Phi) is 5.22. The fourth-order valence-electron chi connectivity index (χ4n) is 1.82. The zero-order valence-electron chi connectivity index (χ0n) is 12.5. The molecule has 10 nitrogen and oxygen atoms in total. The standard InChI is InChI=1S/C14H13N3O7/c1-23-13(18)5-6-16(20)14(19)12-8-11(15-24-12)9-3-2-4-10(7-9)17(21)22/h2-4,7-8,20H,5-6H2,1H3. The van der Waals surface area contributed by atoms with Crippen molar-refractivity contribution in [3.05, 3.63) is 46.2 Å². The molecule has 10 heteroatoms. The largest absolute Gasteiger partial charge is 0.469 e. The third-order valence-corrected chi connectivity index (χ3v) is 3.06. The first kappa shape index (κ1) is 17.1. The van der Waals surface area contributed by atoms with Crippen LogP contribution >= 0.6 is 0 Å². The Morgan fingerprint density at radius 3 is 2.83 bits per heavy atom. The van der Waals surface area contributed by atoms with Crippen molar-refractivity contribution in [3.8, 4) is 11.3 Å². The van der Waals surface area contributed by atoms with Crippen LogP contribution in [0.3, 0.4) is 0 Å². The van der Waals surface area contributed by atoms with Crippen LogP contribution in [0.2, 0.25) is 0 Å². The second kappa shape index (κ2) is 7.33. The molecule has 1 aromatic heterocycles. The normalized spacial score (nSPS) is 10.2. The first-order chi connectivity index (χ1) is 11.4. The average Bonchev–Trinajstić information content (AvgIpc) is 3.08. The minimum absolute atomic E-state index is 0.134. The van der Waals surface area contributed by atoms with E-state index in [-0.39, 0.29) is 30.1 Å². The Hall–Kier alpha value is -3.27. The lowest BCUT2D eigenvalue weighted by Gasteiger charge is -2.11. The molecule has 1 heterocycles. The molecule has 0 saturated heterocycles. The van der Waals surface area contributed by atoms with E-state index in [1.807, 2.05) is 0 Å². The lowest BCUT2D eigenvalue weighted by Crippen LogP contribution is -2.29. The monoisotopic (exact) mass is 335 g/mol. The van der Waals surface area contributed by atoms with Crippen LogP contribution in [-0.2, 0) is 9.53 Å². The van der Waals surface area contributed by atoms with Crippen molar-refractivity contribution in [2.75, 3.05) is 13.7 Å². The van der Waals surface area contributed by atoms with Crippen LogP contribution in [0.5, 0.6) is 0 Å². The molecular weight excluding hydrogens is 322 g/mol. The van der Waals surface area contributed by atoms with E-state index >= 15 is 0 Å². The van der Waals surface area contributed by atoms with Gasteiger partial charge in [0, 0.05) is 23.8 Å². The zero-order chi connectivity index (χ0) is 17.7. The summed E-state index contributed by atoms with van der Waals surface area (Å²) in [6, 6.07) is 6.87. The van der Waals surface area contributed by atoms with E-state index in [2.05, 4.69) is 9.89 Å². The summed E-state index contributed by atoms with van der Waals surface area (Å²) in [6.07, 6.45) is -0.190. The van der Waals surface area contributed by atoms with Crippen molar-refractivity contribution in [1.82, 2.24) is 10.2 Å². The van der Waals surface area contributed by atoms with Crippen molar-refractivity contribution in [2.24, 2.45) is 0 Å². The molecule has 0 aliphatic rings. The lowest BCUT2D eigenvalue weighted by molar-refractivity contribution is -0.384. The number of carbonyl (C=O) groups excluding carboxylic acids is 2. The average molecular weight is 335 g/mol. The molecular formula is C14H13N3O7. The molecule has 0 radical (unpaired) electrons. The van der Waals surface area contributed by atoms with Crippen molar-refractivity contribution >= 4 is 17.6 Å². The molecule has 126 valence electrons. The predicted octanol–water partition coefficient (Wildman–Crippen LogP) is 1.64. The Labute approximate surface area is 135 Å². The highest BCUT2D eigenvalue weighted by Crippen LogP contribution is 2.23. The Bertz CT molecular complexity index is 771. The van der Waals surface area contributed by atoms with Crippen molar-refractivity contribution in [2.45, 2.75) is 6.42 Å². The number of esters is 1. The fraction of sp³-hybridized carbons (Fsp3) is 0.214. The number of nitro groups is 1. The second-order valence-corrected chi connectivity index (χ2v) is 4.64. The maximum absolute atomic E-state index is 11.9. The zero-order valence-corrected chi connectivity index (χ0v) is 12.5. The highest BCUT2D eigenvalue weighted by atomic mass is 16.6. The molecule has 2 aromatic rings. The molecule has 1 N–H and O–H groups in total. The quantitative estimate of drug-likeness (QED) is 0.364. The number of hydrogen-bond donors (Lipinski definition) is 1. The maximum atomic E-state index is 11.9. The van der Waals surface area contributed by atoms with Gasteiger partial charge in [-0.3, -0.25) is 24.9 Å². The van der Waals surface area contributed by atoms with E-state index in [4.69, 9.17) is 4.52 Å². The Morgan fingerprint density at radius 2 is 2.17 bits per heavy atom. The Balaban J connectivity index is 2.12. The molecule has 1 aromatic carbocycles. The Morgan fingerprint density at radius 1 is 1.42 bits per heavy atom. The van der Waals surface area contributed by atoms with Gasteiger partial charge in [0.25, 0.3) is 5.69 Å². The van der Waals surface area contributed by atoms with E-state index in [0.29, 0.717) is 10.6 Å². The van der Waals surface area contributed by atoms with Crippen molar-refractivity contribution in [1.29, 1.82) is 0 Å². The third kappa shape index (κ3) is 3.93. The number of non-ortho nitro benzene ring substituents is 1. The van der Waals surface area contributed by atoms with Crippen LogP contribution < -0.4 is 0 Å². The van der Waals surface area contributed by atoms with Gasteiger partial charge < -0.3 is 9.26 Å². The number of hydroxylamine groups is 2. The molecule has 0 spiro atoms. The van der Waals surface area contributed by atoms with E-state index in [0.717, 1.165) is 0 Å². The van der Waals surface area contributed by atoms with Crippen molar-refractivity contribution < 1.29 is 29.0 Å². The minimum Gasteiger partial charge on any atom is -0.469 e. The lowest BCUT2D eigenvalue weighted by atomic mass is 10.1. The first-order valence-corrected chi connectivity index (χ1v) is 6.71. The van der Waals surface area contributed by atoms with Gasteiger partial charge in [-0.15, -0.1) is 0 Å². The maximum Gasteiger partial charge on any atom is 0.315 e. The molecule has 0 aliphatic heterocycles. The topological polar surface area (TPSA) is 136 Å². The van der Waals surface area contributed by atoms with Gasteiger partial charge in [-0.1, -0.05) is 17.3 Å². The van der Waals surface area contributed by atoms with Crippen molar-refractivity contribution in [3.63, 3.8) is 0 Å². The number of benzene rings is 1. The van der Waals surface area contributed by atoms with Crippen LogP contribution in [0.4, 0.5) is 5.69 Å². The van der Waals surface area contributed by atoms with Gasteiger partial charge in [-0.05, 0) is 0 Å².